The highest BCUT2D eigenvalue weighted by Gasteiger charge is 2.26. The second kappa shape index (κ2) is 7.95. The fourth-order valence-corrected chi connectivity index (χ4v) is 2.96. The SMILES string of the molecule is CCOC(=O)c1nc(CC)n(-c2c(F)cc(CC(C)C)cc2F)c1Cl. The Morgan fingerprint density at radius 1 is 1.28 bits per heavy atom. The summed E-state index contributed by atoms with van der Waals surface area (Å²) in [6.07, 6.45) is 0.895. The monoisotopic (exact) mass is 370 g/mol. The number of hydrogen-bond acceptors (Lipinski definition) is 3. The van der Waals surface area contributed by atoms with Gasteiger partial charge < -0.3 is 4.74 Å². The Hall–Kier alpha value is -1.95. The third-order valence-corrected chi connectivity index (χ3v) is 3.97. The van der Waals surface area contributed by atoms with E-state index in [4.69, 9.17) is 16.3 Å². The number of aromatic nitrogens is 2. The van der Waals surface area contributed by atoms with Crippen molar-refractivity contribution in [3.63, 3.8) is 0 Å². The van der Waals surface area contributed by atoms with Gasteiger partial charge in [0.1, 0.15) is 16.7 Å². The molecule has 0 saturated heterocycles. The Morgan fingerprint density at radius 3 is 2.36 bits per heavy atom. The van der Waals surface area contributed by atoms with Crippen LogP contribution in [0, 0.1) is 17.6 Å². The third kappa shape index (κ3) is 4.00. The molecule has 0 bridgehead atoms. The van der Waals surface area contributed by atoms with E-state index in [9.17, 15) is 13.6 Å². The molecule has 2 rings (SSSR count). The Bertz CT molecular complexity index is 765. The van der Waals surface area contributed by atoms with Crippen LogP contribution in [0.15, 0.2) is 12.1 Å². The first-order valence-electron chi connectivity index (χ1n) is 8.22. The van der Waals surface area contributed by atoms with E-state index in [1.54, 1.807) is 13.8 Å². The van der Waals surface area contributed by atoms with Gasteiger partial charge in [-0.15, -0.1) is 0 Å². The van der Waals surface area contributed by atoms with Crippen LogP contribution >= 0.6 is 11.6 Å². The molecule has 0 aliphatic rings. The van der Waals surface area contributed by atoms with Gasteiger partial charge in [-0.1, -0.05) is 32.4 Å². The molecular weight excluding hydrogens is 350 g/mol. The highest BCUT2D eigenvalue weighted by Crippen LogP contribution is 2.29. The Kier molecular flexibility index (Phi) is 6.16. The lowest BCUT2D eigenvalue weighted by atomic mass is 10.0. The van der Waals surface area contributed by atoms with Gasteiger partial charge in [-0.3, -0.25) is 4.57 Å². The van der Waals surface area contributed by atoms with Crippen molar-refractivity contribution < 1.29 is 18.3 Å². The quantitative estimate of drug-likeness (QED) is 0.690. The Morgan fingerprint density at radius 2 is 1.88 bits per heavy atom. The number of carbonyl (C=O) groups excluding carboxylic acids is 1. The molecule has 1 heterocycles. The highest BCUT2D eigenvalue weighted by atomic mass is 35.5. The van der Waals surface area contributed by atoms with Gasteiger partial charge in [-0.05, 0) is 37.0 Å². The van der Waals surface area contributed by atoms with Gasteiger partial charge >= 0.3 is 5.97 Å². The molecular formula is C18H21ClF2N2O2. The van der Waals surface area contributed by atoms with E-state index >= 15 is 0 Å². The summed E-state index contributed by atoms with van der Waals surface area (Å²) in [6.45, 7) is 7.49. The molecule has 7 heteroatoms. The number of esters is 1. The molecule has 0 atom stereocenters. The van der Waals surface area contributed by atoms with Gasteiger partial charge in [-0.25, -0.2) is 18.6 Å². The summed E-state index contributed by atoms with van der Waals surface area (Å²) >= 11 is 6.21. The number of halogens is 3. The molecule has 0 fully saturated rings. The number of benzene rings is 1. The largest absolute Gasteiger partial charge is 0.461 e. The smallest absolute Gasteiger partial charge is 0.360 e. The Labute approximate surface area is 150 Å². The number of ether oxygens (including phenoxy) is 1. The summed E-state index contributed by atoms with van der Waals surface area (Å²) in [6, 6.07) is 2.58. The average Bonchev–Trinajstić information content (AvgIpc) is 2.83. The second-order valence-electron chi connectivity index (χ2n) is 6.08. The van der Waals surface area contributed by atoms with Crippen LogP contribution in [0.4, 0.5) is 8.78 Å². The molecule has 0 aliphatic heterocycles. The molecule has 0 radical (unpaired) electrons. The lowest BCUT2D eigenvalue weighted by Gasteiger charge is -2.13. The maximum Gasteiger partial charge on any atom is 0.360 e. The van der Waals surface area contributed by atoms with Gasteiger partial charge in [-0.2, -0.15) is 0 Å². The van der Waals surface area contributed by atoms with Crippen LogP contribution in [0.5, 0.6) is 0 Å². The molecule has 0 N–H and O–H groups in total. The minimum Gasteiger partial charge on any atom is -0.461 e. The predicted octanol–water partition coefficient (Wildman–Crippen LogP) is 4.74. The topological polar surface area (TPSA) is 44.1 Å². The minimum absolute atomic E-state index is 0.148. The fourth-order valence-electron chi connectivity index (χ4n) is 2.66. The maximum atomic E-state index is 14.6. The van der Waals surface area contributed by atoms with Crippen LogP contribution in [0.2, 0.25) is 5.15 Å². The summed E-state index contributed by atoms with van der Waals surface area (Å²) in [5.41, 5.74) is 0.0801. The number of carbonyl (C=O) groups is 1. The molecule has 1 aromatic heterocycles. The van der Waals surface area contributed by atoms with Crippen LogP contribution < -0.4 is 0 Å². The van der Waals surface area contributed by atoms with Gasteiger partial charge in [0, 0.05) is 6.42 Å². The molecule has 0 saturated carbocycles. The molecule has 0 unspecified atom stereocenters. The van der Waals surface area contributed by atoms with Crippen LogP contribution in [0.3, 0.4) is 0 Å². The van der Waals surface area contributed by atoms with Crippen molar-refractivity contribution in [2.75, 3.05) is 6.61 Å². The third-order valence-electron chi connectivity index (χ3n) is 3.62. The number of aryl methyl sites for hydroxylation is 1. The molecule has 0 amide bonds. The van der Waals surface area contributed by atoms with E-state index in [1.165, 1.54) is 12.1 Å². The Balaban J connectivity index is 2.60. The minimum atomic E-state index is -0.750. The lowest BCUT2D eigenvalue weighted by molar-refractivity contribution is 0.0520. The van der Waals surface area contributed by atoms with Gasteiger partial charge in [0.15, 0.2) is 17.3 Å². The van der Waals surface area contributed by atoms with E-state index < -0.39 is 17.6 Å². The van der Waals surface area contributed by atoms with Crippen molar-refractivity contribution >= 4 is 17.6 Å². The number of nitrogens with zero attached hydrogens (tertiary/aromatic N) is 2. The number of imidazole rings is 1. The second-order valence-corrected chi connectivity index (χ2v) is 6.44. The predicted molar refractivity (Wildman–Crippen MR) is 92.4 cm³/mol. The number of rotatable bonds is 6. The number of hydrogen-bond donors (Lipinski definition) is 0. The zero-order valence-electron chi connectivity index (χ0n) is 14.7. The van der Waals surface area contributed by atoms with Crippen LogP contribution in [-0.4, -0.2) is 22.1 Å². The van der Waals surface area contributed by atoms with Crippen molar-refractivity contribution in [3.05, 3.63) is 46.0 Å². The van der Waals surface area contributed by atoms with Gasteiger partial charge in [0.05, 0.1) is 6.61 Å². The molecule has 2 aromatic rings. The standard InChI is InChI=1S/C18H21ClF2N2O2/c1-5-14-22-15(18(24)25-6-2)17(19)23(14)16-12(20)8-11(7-10(3)4)9-13(16)21/h8-10H,5-7H2,1-4H3. The normalized spacial score (nSPS) is 11.2. The maximum absolute atomic E-state index is 14.6. The van der Waals surface area contributed by atoms with E-state index in [2.05, 4.69) is 4.98 Å². The summed E-state index contributed by atoms with van der Waals surface area (Å²) in [5, 5.41) is -0.162. The fraction of sp³-hybridized carbons (Fsp3) is 0.444. The van der Waals surface area contributed by atoms with Crippen molar-refractivity contribution in [3.8, 4) is 5.69 Å². The van der Waals surface area contributed by atoms with Crippen molar-refractivity contribution in [1.29, 1.82) is 0 Å². The van der Waals surface area contributed by atoms with Gasteiger partial charge in [0.25, 0.3) is 0 Å². The summed E-state index contributed by atoms with van der Waals surface area (Å²) in [7, 11) is 0. The molecule has 0 aliphatic carbocycles. The van der Waals surface area contributed by atoms with Crippen LogP contribution in [-0.2, 0) is 17.6 Å². The van der Waals surface area contributed by atoms with Crippen molar-refractivity contribution in [1.82, 2.24) is 9.55 Å². The molecule has 1 aromatic carbocycles. The zero-order valence-corrected chi connectivity index (χ0v) is 15.5. The lowest BCUT2D eigenvalue weighted by Crippen LogP contribution is -2.08. The van der Waals surface area contributed by atoms with E-state index in [0.29, 0.717) is 18.4 Å². The molecule has 4 nitrogen and oxygen atoms in total. The first-order chi connectivity index (χ1) is 11.8. The first kappa shape index (κ1) is 19.4. The highest BCUT2D eigenvalue weighted by molar-refractivity contribution is 6.32. The van der Waals surface area contributed by atoms with Gasteiger partial charge in [0.2, 0.25) is 0 Å². The van der Waals surface area contributed by atoms with E-state index in [0.717, 1.165) is 4.57 Å². The molecule has 0 spiro atoms. The summed E-state index contributed by atoms with van der Waals surface area (Å²) in [5.74, 6) is -1.68. The van der Waals surface area contributed by atoms with Crippen molar-refractivity contribution in [2.45, 2.75) is 40.5 Å². The molecule has 25 heavy (non-hydrogen) atoms. The molecule has 136 valence electrons. The van der Waals surface area contributed by atoms with Crippen LogP contribution in [0.25, 0.3) is 5.69 Å². The van der Waals surface area contributed by atoms with E-state index in [1.807, 2.05) is 13.8 Å². The first-order valence-corrected chi connectivity index (χ1v) is 8.60. The zero-order chi connectivity index (χ0) is 18.7. The van der Waals surface area contributed by atoms with Crippen LogP contribution in [0.1, 0.15) is 49.6 Å². The summed E-state index contributed by atoms with van der Waals surface area (Å²) < 4.78 is 35.3. The van der Waals surface area contributed by atoms with Crippen molar-refractivity contribution in [2.24, 2.45) is 5.92 Å². The van der Waals surface area contributed by atoms with E-state index in [-0.39, 0.29) is 34.9 Å². The average molecular weight is 371 g/mol. The summed E-state index contributed by atoms with van der Waals surface area (Å²) in [4.78, 5) is 16.1.